The SMILES string of the molecule is C=CCCC(NC(=O)CNC(=O)NCc1ccc(Cl)cc1)C(=O)O. The number of halogens is 1. The Morgan fingerprint density at radius 3 is 2.46 bits per heavy atom. The quantitative estimate of drug-likeness (QED) is 0.506. The van der Waals surface area contributed by atoms with Gasteiger partial charge in [-0.25, -0.2) is 9.59 Å². The molecule has 0 aliphatic carbocycles. The van der Waals surface area contributed by atoms with Crippen LogP contribution in [0.3, 0.4) is 0 Å². The highest BCUT2D eigenvalue weighted by molar-refractivity contribution is 6.30. The average Bonchev–Trinajstić information content (AvgIpc) is 2.56. The third kappa shape index (κ3) is 7.64. The second-order valence-corrected chi connectivity index (χ2v) is 5.42. The third-order valence-electron chi connectivity index (χ3n) is 3.07. The van der Waals surface area contributed by atoms with Gasteiger partial charge in [0.1, 0.15) is 6.04 Å². The molecule has 0 aliphatic heterocycles. The molecule has 1 unspecified atom stereocenters. The van der Waals surface area contributed by atoms with E-state index < -0.39 is 23.9 Å². The number of carbonyl (C=O) groups excluding carboxylic acids is 2. The maximum absolute atomic E-state index is 11.7. The van der Waals surface area contributed by atoms with Crippen molar-refractivity contribution in [2.45, 2.75) is 25.4 Å². The molecule has 0 saturated carbocycles. The summed E-state index contributed by atoms with van der Waals surface area (Å²) in [5.41, 5.74) is 0.856. The van der Waals surface area contributed by atoms with Crippen molar-refractivity contribution in [1.82, 2.24) is 16.0 Å². The van der Waals surface area contributed by atoms with Gasteiger partial charge in [-0.15, -0.1) is 6.58 Å². The number of nitrogens with one attached hydrogen (secondary N) is 3. The van der Waals surface area contributed by atoms with Gasteiger partial charge in [0.2, 0.25) is 5.91 Å². The number of benzene rings is 1. The lowest BCUT2D eigenvalue weighted by Crippen LogP contribution is -2.47. The fourth-order valence-electron chi connectivity index (χ4n) is 1.79. The first-order valence-corrected chi connectivity index (χ1v) is 7.69. The summed E-state index contributed by atoms with van der Waals surface area (Å²) >= 11 is 5.76. The Hall–Kier alpha value is -2.54. The minimum absolute atomic E-state index is 0.243. The lowest BCUT2D eigenvalue weighted by atomic mass is 10.1. The van der Waals surface area contributed by atoms with E-state index in [4.69, 9.17) is 16.7 Å². The minimum Gasteiger partial charge on any atom is -0.480 e. The molecule has 3 amide bonds. The van der Waals surface area contributed by atoms with Crippen LogP contribution in [0, 0.1) is 0 Å². The van der Waals surface area contributed by atoms with Gasteiger partial charge in [0.15, 0.2) is 0 Å². The number of rotatable bonds is 9. The van der Waals surface area contributed by atoms with Crippen molar-refractivity contribution in [3.05, 3.63) is 47.5 Å². The summed E-state index contributed by atoms with van der Waals surface area (Å²) in [6.45, 7) is 3.47. The molecular formula is C16H20ClN3O4. The third-order valence-corrected chi connectivity index (χ3v) is 3.32. The van der Waals surface area contributed by atoms with Gasteiger partial charge >= 0.3 is 12.0 Å². The molecule has 1 rings (SSSR count). The molecule has 0 aliphatic rings. The predicted octanol–water partition coefficient (Wildman–Crippen LogP) is 1.67. The zero-order valence-corrected chi connectivity index (χ0v) is 13.8. The Bertz CT molecular complexity index is 589. The zero-order valence-electron chi connectivity index (χ0n) is 13.0. The summed E-state index contributed by atoms with van der Waals surface area (Å²) in [5.74, 6) is -1.70. The molecule has 0 saturated heterocycles. The molecule has 8 heteroatoms. The molecular weight excluding hydrogens is 334 g/mol. The van der Waals surface area contributed by atoms with E-state index in [0.29, 0.717) is 11.4 Å². The fraction of sp³-hybridized carbons (Fsp3) is 0.312. The molecule has 1 aromatic rings. The maximum Gasteiger partial charge on any atom is 0.326 e. The normalized spacial score (nSPS) is 11.2. The number of urea groups is 1. The van der Waals surface area contributed by atoms with Crippen LogP contribution >= 0.6 is 11.6 Å². The number of hydrogen-bond acceptors (Lipinski definition) is 3. The van der Waals surface area contributed by atoms with E-state index in [9.17, 15) is 14.4 Å². The first kappa shape index (κ1) is 19.5. The van der Waals surface area contributed by atoms with Crippen molar-refractivity contribution in [3.63, 3.8) is 0 Å². The van der Waals surface area contributed by atoms with Crippen LogP contribution in [-0.2, 0) is 16.1 Å². The minimum atomic E-state index is -1.13. The summed E-state index contributed by atoms with van der Waals surface area (Å²) in [5, 5.41) is 16.9. The molecule has 0 heterocycles. The first-order valence-electron chi connectivity index (χ1n) is 7.31. The van der Waals surface area contributed by atoms with Crippen LogP contribution in [0.15, 0.2) is 36.9 Å². The van der Waals surface area contributed by atoms with Crippen molar-refractivity contribution >= 4 is 29.5 Å². The van der Waals surface area contributed by atoms with Crippen LogP contribution in [-0.4, -0.2) is 35.6 Å². The Morgan fingerprint density at radius 1 is 1.21 bits per heavy atom. The van der Waals surface area contributed by atoms with Crippen LogP contribution in [0.5, 0.6) is 0 Å². The lowest BCUT2D eigenvalue weighted by Gasteiger charge is -2.14. The molecule has 7 nitrogen and oxygen atoms in total. The molecule has 0 aromatic heterocycles. The van der Waals surface area contributed by atoms with Gasteiger partial charge in [-0.2, -0.15) is 0 Å². The van der Waals surface area contributed by atoms with Gasteiger partial charge in [0, 0.05) is 11.6 Å². The number of carboxylic acid groups (broad SMARTS) is 1. The molecule has 1 aromatic carbocycles. The van der Waals surface area contributed by atoms with Crippen LogP contribution < -0.4 is 16.0 Å². The Labute approximate surface area is 145 Å². The smallest absolute Gasteiger partial charge is 0.326 e. The highest BCUT2D eigenvalue weighted by Gasteiger charge is 2.19. The van der Waals surface area contributed by atoms with Gasteiger partial charge < -0.3 is 21.1 Å². The lowest BCUT2D eigenvalue weighted by molar-refractivity contribution is -0.141. The van der Waals surface area contributed by atoms with Gasteiger partial charge in [-0.05, 0) is 30.5 Å². The van der Waals surface area contributed by atoms with E-state index >= 15 is 0 Å². The maximum atomic E-state index is 11.7. The number of carbonyl (C=O) groups is 3. The van der Waals surface area contributed by atoms with Crippen molar-refractivity contribution in [2.75, 3.05) is 6.54 Å². The highest BCUT2D eigenvalue weighted by Crippen LogP contribution is 2.08. The van der Waals surface area contributed by atoms with E-state index in [1.807, 2.05) is 0 Å². The summed E-state index contributed by atoms with van der Waals surface area (Å²) < 4.78 is 0. The van der Waals surface area contributed by atoms with E-state index in [1.54, 1.807) is 30.3 Å². The van der Waals surface area contributed by atoms with E-state index in [0.717, 1.165) is 5.56 Å². The number of amides is 3. The van der Waals surface area contributed by atoms with Gasteiger partial charge in [-0.1, -0.05) is 29.8 Å². The summed E-state index contributed by atoms with van der Waals surface area (Å²) in [6.07, 6.45) is 2.28. The molecule has 0 spiro atoms. The van der Waals surface area contributed by atoms with Crippen molar-refractivity contribution in [1.29, 1.82) is 0 Å². The Kier molecular flexibility index (Phi) is 8.35. The summed E-state index contributed by atoms with van der Waals surface area (Å²) in [7, 11) is 0. The molecule has 1 atom stereocenters. The Morgan fingerprint density at radius 2 is 1.88 bits per heavy atom. The van der Waals surface area contributed by atoms with E-state index in [2.05, 4.69) is 22.5 Å². The average molecular weight is 354 g/mol. The number of carboxylic acids is 1. The van der Waals surface area contributed by atoms with Gasteiger partial charge in [0.25, 0.3) is 0 Å². The summed E-state index contributed by atoms with van der Waals surface area (Å²) in [6, 6.07) is 5.42. The molecule has 0 radical (unpaired) electrons. The topological polar surface area (TPSA) is 108 Å². The zero-order chi connectivity index (χ0) is 17.9. The molecule has 0 bridgehead atoms. The Balaban J connectivity index is 2.31. The van der Waals surface area contributed by atoms with Crippen molar-refractivity contribution in [3.8, 4) is 0 Å². The van der Waals surface area contributed by atoms with Crippen LogP contribution in [0.1, 0.15) is 18.4 Å². The number of aliphatic carboxylic acids is 1. The van der Waals surface area contributed by atoms with Crippen molar-refractivity contribution in [2.24, 2.45) is 0 Å². The van der Waals surface area contributed by atoms with Crippen LogP contribution in [0.2, 0.25) is 5.02 Å². The van der Waals surface area contributed by atoms with Crippen LogP contribution in [0.4, 0.5) is 4.79 Å². The highest BCUT2D eigenvalue weighted by atomic mass is 35.5. The molecule has 4 N–H and O–H groups in total. The number of hydrogen-bond donors (Lipinski definition) is 4. The monoisotopic (exact) mass is 353 g/mol. The van der Waals surface area contributed by atoms with E-state index in [-0.39, 0.29) is 19.5 Å². The second-order valence-electron chi connectivity index (χ2n) is 4.99. The number of allylic oxidation sites excluding steroid dienone is 1. The second kappa shape index (κ2) is 10.3. The first-order chi connectivity index (χ1) is 11.4. The summed E-state index contributed by atoms with van der Waals surface area (Å²) in [4.78, 5) is 34.3. The van der Waals surface area contributed by atoms with Gasteiger partial charge in [-0.3, -0.25) is 4.79 Å². The van der Waals surface area contributed by atoms with E-state index in [1.165, 1.54) is 0 Å². The predicted molar refractivity (Wildman–Crippen MR) is 90.7 cm³/mol. The largest absolute Gasteiger partial charge is 0.480 e. The molecule has 130 valence electrons. The van der Waals surface area contributed by atoms with Crippen molar-refractivity contribution < 1.29 is 19.5 Å². The molecule has 0 fully saturated rings. The standard InChI is InChI=1S/C16H20ClN3O4/c1-2-3-4-13(15(22)23)20-14(21)10-19-16(24)18-9-11-5-7-12(17)8-6-11/h2,5-8,13H,1,3-4,9-10H2,(H,20,21)(H,22,23)(H2,18,19,24). The van der Waals surface area contributed by atoms with Gasteiger partial charge in [0.05, 0.1) is 6.54 Å². The fourth-order valence-corrected chi connectivity index (χ4v) is 1.92. The molecule has 24 heavy (non-hydrogen) atoms. The van der Waals surface area contributed by atoms with Crippen LogP contribution in [0.25, 0.3) is 0 Å².